The van der Waals surface area contributed by atoms with Crippen LogP contribution in [-0.4, -0.2) is 55.4 Å². The highest BCUT2D eigenvalue weighted by Gasteiger charge is 2.55. The summed E-state index contributed by atoms with van der Waals surface area (Å²) in [5.41, 5.74) is 1.78. The topological polar surface area (TPSA) is 116 Å². The number of nitrogens with zero attached hydrogens (tertiary/aromatic N) is 5. The van der Waals surface area contributed by atoms with Crippen LogP contribution in [0, 0.1) is 17.2 Å². The molecule has 4 fully saturated rings. The van der Waals surface area contributed by atoms with Gasteiger partial charge in [0.05, 0.1) is 29.1 Å². The molecule has 0 spiro atoms. The Hall–Kier alpha value is -3.64. The van der Waals surface area contributed by atoms with Crippen molar-refractivity contribution >= 4 is 17.2 Å². The molecular weight excluding hydrogens is 468 g/mol. The lowest BCUT2D eigenvalue weighted by Crippen LogP contribution is -2.69. The van der Waals surface area contributed by atoms with Gasteiger partial charge in [0, 0.05) is 41.9 Å². The number of ether oxygens (including phenoxy) is 1. The molecule has 3 aromatic rings. The lowest BCUT2D eigenvalue weighted by molar-refractivity contribution is -0.123. The minimum Gasteiger partial charge on any atom is -0.489 e. The van der Waals surface area contributed by atoms with Crippen LogP contribution < -0.4 is 15.0 Å². The van der Waals surface area contributed by atoms with Crippen LogP contribution in [0.15, 0.2) is 36.8 Å². The first-order chi connectivity index (χ1) is 17.6. The van der Waals surface area contributed by atoms with Crippen LogP contribution in [-0.2, 0) is 4.79 Å². The molecule has 2 aliphatic heterocycles. The number of aromatic nitrogens is 3. The third-order valence-electron chi connectivity index (χ3n) is 7.99. The van der Waals surface area contributed by atoms with E-state index in [1.54, 1.807) is 37.7 Å². The van der Waals surface area contributed by atoms with E-state index in [2.05, 4.69) is 27.5 Å². The van der Waals surface area contributed by atoms with Gasteiger partial charge in [-0.15, -0.1) is 0 Å². The monoisotopic (exact) mass is 500 g/mol. The molecule has 9 heteroatoms. The lowest BCUT2D eigenvalue weighted by Gasteiger charge is -2.62. The summed E-state index contributed by atoms with van der Waals surface area (Å²) in [6.45, 7) is 5.12. The quantitative estimate of drug-likeness (QED) is 0.533. The van der Waals surface area contributed by atoms with Crippen LogP contribution in [0.3, 0.4) is 0 Å². The average Bonchev–Trinajstić information content (AvgIpc) is 3.24. The summed E-state index contributed by atoms with van der Waals surface area (Å²) < 4.78 is 7.49. The van der Waals surface area contributed by atoms with Gasteiger partial charge < -0.3 is 20.1 Å². The van der Waals surface area contributed by atoms with Gasteiger partial charge in [0.15, 0.2) is 0 Å². The minimum absolute atomic E-state index is 0.0627. The maximum absolute atomic E-state index is 11.9. The predicted octanol–water partition coefficient (Wildman–Crippen LogP) is 3.44. The van der Waals surface area contributed by atoms with E-state index in [4.69, 9.17) is 9.72 Å². The maximum Gasteiger partial charge on any atom is 0.217 e. The van der Waals surface area contributed by atoms with E-state index < -0.39 is 5.60 Å². The highest BCUT2D eigenvalue weighted by atomic mass is 16.5. The number of aliphatic hydroxyl groups is 1. The number of fused-ring (bicyclic) bond motifs is 1. The molecule has 2 aliphatic carbocycles. The molecule has 3 aromatic heterocycles. The molecule has 2 unspecified atom stereocenters. The first-order valence-electron chi connectivity index (χ1n) is 12.9. The first kappa shape index (κ1) is 23.7. The van der Waals surface area contributed by atoms with E-state index in [9.17, 15) is 15.2 Å². The van der Waals surface area contributed by atoms with Gasteiger partial charge in [-0.05, 0) is 70.1 Å². The summed E-state index contributed by atoms with van der Waals surface area (Å²) in [6.07, 6.45) is 10.4. The highest BCUT2D eigenvalue weighted by molar-refractivity contribution is 5.85. The van der Waals surface area contributed by atoms with Gasteiger partial charge >= 0.3 is 0 Å². The molecule has 4 bridgehead atoms. The smallest absolute Gasteiger partial charge is 0.217 e. The Morgan fingerprint density at radius 3 is 2.65 bits per heavy atom. The van der Waals surface area contributed by atoms with Crippen molar-refractivity contribution in [3.05, 3.63) is 42.4 Å². The van der Waals surface area contributed by atoms with Crippen LogP contribution in [0.5, 0.6) is 5.75 Å². The van der Waals surface area contributed by atoms with E-state index in [1.807, 2.05) is 18.3 Å². The van der Waals surface area contributed by atoms with Crippen molar-refractivity contribution in [3.8, 4) is 22.9 Å². The van der Waals surface area contributed by atoms with Crippen LogP contribution in [0.1, 0.15) is 58.4 Å². The van der Waals surface area contributed by atoms with Crippen molar-refractivity contribution in [1.29, 1.82) is 5.26 Å². The van der Waals surface area contributed by atoms with Gasteiger partial charge in [0.25, 0.3) is 0 Å². The number of nitriles is 1. The number of pyridine rings is 2. The van der Waals surface area contributed by atoms with E-state index >= 15 is 0 Å². The van der Waals surface area contributed by atoms with Crippen LogP contribution >= 0.6 is 0 Å². The molecule has 2 saturated heterocycles. The molecule has 0 aromatic carbocycles. The highest BCUT2D eigenvalue weighted by Crippen LogP contribution is 2.52. The second-order valence-corrected chi connectivity index (χ2v) is 11.7. The second kappa shape index (κ2) is 8.45. The maximum atomic E-state index is 11.9. The average molecular weight is 501 g/mol. The van der Waals surface area contributed by atoms with Crippen molar-refractivity contribution in [2.75, 3.05) is 11.5 Å². The number of hydrogen-bond acceptors (Lipinski definition) is 7. The minimum atomic E-state index is -0.980. The molecular formula is C28H32N6O3. The number of carbonyl (C=O) groups is 1. The number of rotatable bonds is 6. The molecule has 1 amide bonds. The SMILES string of the molecule is CC(=O)NC12CC3C[C@H](C1)N(c1ccc(-c4cc(OCC(C)(C)O)cn5ncc(C#N)c45)cn1)[C@@H](C3)C2. The van der Waals surface area contributed by atoms with Crippen molar-refractivity contribution in [2.24, 2.45) is 5.92 Å². The number of anilines is 1. The summed E-state index contributed by atoms with van der Waals surface area (Å²) in [6, 6.07) is 8.96. The summed E-state index contributed by atoms with van der Waals surface area (Å²) in [5, 5.41) is 27.4. The molecule has 0 radical (unpaired) electrons. The lowest BCUT2D eigenvalue weighted by atomic mass is 9.59. The number of amides is 1. The van der Waals surface area contributed by atoms with Crippen LogP contribution in [0.2, 0.25) is 0 Å². The van der Waals surface area contributed by atoms with E-state index in [0.29, 0.717) is 34.8 Å². The van der Waals surface area contributed by atoms with E-state index in [0.717, 1.165) is 49.0 Å². The fourth-order valence-corrected chi connectivity index (χ4v) is 6.96. The number of hydrogen-bond donors (Lipinski definition) is 2. The van der Waals surface area contributed by atoms with Crippen molar-refractivity contribution in [3.63, 3.8) is 0 Å². The molecule has 37 heavy (non-hydrogen) atoms. The third-order valence-corrected chi connectivity index (χ3v) is 7.99. The third kappa shape index (κ3) is 4.29. The molecule has 192 valence electrons. The van der Waals surface area contributed by atoms with Crippen molar-refractivity contribution in [1.82, 2.24) is 19.9 Å². The summed E-state index contributed by atoms with van der Waals surface area (Å²) in [5.74, 6) is 2.23. The zero-order chi connectivity index (χ0) is 25.9. The molecule has 9 nitrogen and oxygen atoms in total. The molecule has 7 rings (SSSR count). The normalized spacial score (nSPS) is 26.4. The van der Waals surface area contributed by atoms with Gasteiger partial charge in [-0.2, -0.15) is 10.4 Å². The van der Waals surface area contributed by atoms with Crippen molar-refractivity contribution in [2.45, 2.75) is 76.1 Å². The molecule has 2 N–H and O–H groups in total. The zero-order valence-corrected chi connectivity index (χ0v) is 21.4. The molecule has 4 atom stereocenters. The second-order valence-electron chi connectivity index (χ2n) is 11.7. The van der Waals surface area contributed by atoms with E-state index in [1.165, 1.54) is 0 Å². The predicted molar refractivity (Wildman–Crippen MR) is 138 cm³/mol. The zero-order valence-electron chi connectivity index (χ0n) is 21.4. The summed E-state index contributed by atoms with van der Waals surface area (Å²) in [7, 11) is 0. The number of carbonyl (C=O) groups excluding carboxylic acids is 1. The number of nitrogens with one attached hydrogen (secondary N) is 1. The summed E-state index contributed by atoms with van der Waals surface area (Å²) >= 11 is 0. The van der Waals surface area contributed by atoms with Gasteiger partial charge in [0.2, 0.25) is 5.91 Å². The largest absolute Gasteiger partial charge is 0.489 e. The Morgan fingerprint density at radius 2 is 2.03 bits per heavy atom. The van der Waals surface area contributed by atoms with Gasteiger partial charge in [-0.1, -0.05) is 0 Å². The Kier molecular flexibility index (Phi) is 5.42. The van der Waals surface area contributed by atoms with Gasteiger partial charge in [-0.3, -0.25) is 4.79 Å². The number of piperidine rings is 2. The van der Waals surface area contributed by atoms with Crippen LogP contribution in [0.25, 0.3) is 16.6 Å². The molecule has 4 aliphatic rings. The first-order valence-corrected chi connectivity index (χ1v) is 12.9. The Morgan fingerprint density at radius 1 is 1.27 bits per heavy atom. The fraction of sp³-hybridized carbons (Fsp3) is 0.500. The standard InChI is InChI=1S/C28H32N6O3/c1-17(35)32-28-9-18-6-21(10-28)34(22(7-18)11-28)25-5-4-19(13-30-25)24-8-23(37-16-27(2,3)36)15-33-26(24)20(12-29)14-31-33/h4-5,8,13-15,18,21-22,36H,6-7,9-11,16H2,1-3H3,(H,32,35)/t18?,21-,22+,28?. The Bertz CT molecular complexity index is 1380. The van der Waals surface area contributed by atoms with E-state index in [-0.39, 0.29) is 18.1 Å². The molecule has 5 heterocycles. The van der Waals surface area contributed by atoms with Gasteiger partial charge in [-0.25, -0.2) is 9.50 Å². The van der Waals surface area contributed by atoms with Gasteiger partial charge in [0.1, 0.15) is 24.2 Å². The summed E-state index contributed by atoms with van der Waals surface area (Å²) in [4.78, 5) is 19.3. The molecule has 2 saturated carbocycles. The van der Waals surface area contributed by atoms with Crippen LogP contribution in [0.4, 0.5) is 5.82 Å². The fourth-order valence-electron chi connectivity index (χ4n) is 6.96. The van der Waals surface area contributed by atoms with Crippen molar-refractivity contribution < 1.29 is 14.6 Å². The Balaban J connectivity index is 1.32. The Labute approximate surface area is 216 Å².